The molecule has 0 saturated carbocycles. The number of rotatable bonds is 5. The number of ether oxygens (including phenoxy) is 1. The van der Waals surface area contributed by atoms with E-state index in [0.29, 0.717) is 0 Å². The minimum Gasteiger partial charge on any atom is -0.486 e. The second-order valence-corrected chi connectivity index (χ2v) is 5.08. The molecule has 0 aliphatic heterocycles. The van der Waals surface area contributed by atoms with Crippen LogP contribution in [0.4, 0.5) is 0 Å². The number of aryl methyl sites for hydroxylation is 1. The lowest BCUT2D eigenvalue weighted by Crippen LogP contribution is -2.06. The number of benzene rings is 2. The molecule has 1 unspecified atom stereocenters. The van der Waals surface area contributed by atoms with Gasteiger partial charge in [-0.2, -0.15) is 0 Å². The van der Waals surface area contributed by atoms with E-state index in [1.807, 2.05) is 49.5 Å². The van der Waals surface area contributed by atoms with E-state index in [0.717, 1.165) is 23.6 Å². The van der Waals surface area contributed by atoms with Crippen molar-refractivity contribution in [1.29, 1.82) is 0 Å². The van der Waals surface area contributed by atoms with Crippen LogP contribution in [0.2, 0.25) is 0 Å². The summed E-state index contributed by atoms with van der Waals surface area (Å²) in [4.78, 5) is 0. The van der Waals surface area contributed by atoms with Crippen molar-refractivity contribution in [2.24, 2.45) is 7.05 Å². The van der Waals surface area contributed by atoms with Crippen LogP contribution in [0.25, 0.3) is 11.4 Å². The van der Waals surface area contributed by atoms with Crippen LogP contribution in [0.1, 0.15) is 25.0 Å². The lowest BCUT2D eigenvalue weighted by Gasteiger charge is -2.18. The molecule has 5 heteroatoms. The van der Waals surface area contributed by atoms with Crippen molar-refractivity contribution in [1.82, 2.24) is 20.2 Å². The third-order valence-corrected chi connectivity index (χ3v) is 3.55. The lowest BCUT2D eigenvalue weighted by molar-refractivity contribution is 0.201. The van der Waals surface area contributed by atoms with Crippen molar-refractivity contribution in [3.63, 3.8) is 0 Å². The van der Waals surface area contributed by atoms with Crippen molar-refractivity contribution in [2.75, 3.05) is 0 Å². The highest BCUT2D eigenvalue weighted by atomic mass is 16.5. The average molecular weight is 294 g/mol. The fourth-order valence-electron chi connectivity index (χ4n) is 2.38. The van der Waals surface area contributed by atoms with Crippen molar-refractivity contribution >= 4 is 0 Å². The first-order valence-corrected chi connectivity index (χ1v) is 7.32. The van der Waals surface area contributed by atoms with Crippen LogP contribution >= 0.6 is 0 Å². The molecule has 0 aliphatic rings. The summed E-state index contributed by atoms with van der Waals surface area (Å²) in [5, 5.41) is 11.5. The Hall–Kier alpha value is -2.69. The van der Waals surface area contributed by atoms with Crippen LogP contribution in [0.3, 0.4) is 0 Å². The largest absolute Gasteiger partial charge is 0.486 e. The Morgan fingerprint density at radius 3 is 2.36 bits per heavy atom. The number of tetrazole rings is 1. The molecule has 2 aromatic carbocycles. The van der Waals surface area contributed by atoms with Crippen molar-refractivity contribution < 1.29 is 4.74 Å². The van der Waals surface area contributed by atoms with Crippen LogP contribution in [-0.2, 0) is 7.05 Å². The molecule has 0 bridgehead atoms. The van der Waals surface area contributed by atoms with E-state index in [4.69, 9.17) is 4.74 Å². The summed E-state index contributed by atoms with van der Waals surface area (Å²) in [6.45, 7) is 2.12. The molecule has 0 fully saturated rings. The van der Waals surface area contributed by atoms with Gasteiger partial charge in [0.25, 0.3) is 0 Å². The second kappa shape index (κ2) is 6.39. The third kappa shape index (κ3) is 2.98. The minimum atomic E-state index is 0.0588. The van der Waals surface area contributed by atoms with Crippen LogP contribution in [0.15, 0.2) is 54.6 Å². The van der Waals surface area contributed by atoms with Gasteiger partial charge in [0.1, 0.15) is 11.9 Å². The first-order chi connectivity index (χ1) is 10.8. The van der Waals surface area contributed by atoms with Crippen molar-refractivity contribution in [3.05, 3.63) is 60.2 Å². The molecule has 3 rings (SSSR count). The molecule has 0 aliphatic carbocycles. The zero-order valence-electron chi connectivity index (χ0n) is 12.7. The normalized spacial score (nSPS) is 12.1. The molecule has 1 aromatic heterocycles. The molecule has 0 saturated heterocycles. The first kappa shape index (κ1) is 14.3. The van der Waals surface area contributed by atoms with Gasteiger partial charge >= 0.3 is 0 Å². The van der Waals surface area contributed by atoms with Gasteiger partial charge in [0.05, 0.1) is 0 Å². The molecule has 1 atom stereocenters. The van der Waals surface area contributed by atoms with Crippen LogP contribution in [0.5, 0.6) is 5.75 Å². The second-order valence-electron chi connectivity index (χ2n) is 5.08. The molecule has 112 valence electrons. The molecule has 0 radical (unpaired) electrons. The highest BCUT2D eigenvalue weighted by molar-refractivity contribution is 5.55. The summed E-state index contributed by atoms with van der Waals surface area (Å²) < 4.78 is 7.74. The molecule has 0 spiro atoms. The van der Waals surface area contributed by atoms with Gasteiger partial charge < -0.3 is 4.74 Å². The zero-order valence-corrected chi connectivity index (χ0v) is 12.7. The Morgan fingerprint density at radius 1 is 1.05 bits per heavy atom. The highest BCUT2D eigenvalue weighted by Crippen LogP contribution is 2.26. The summed E-state index contributed by atoms with van der Waals surface area (Å²) in [6, 6.07) is 18.1. The maximum Gasteiger partial charge on any atom is 0.181 e. The van der Waals surface area contributed by atoms with Gasteiger partial charge in [-0.1, -0.05) is 37.3 Å². The fourth-order valence-corrected chi connectivity index (χ4v) is 2.38. The summed E-state index contributed by atoms with van der Waals surface area (Å²) in [5.41, 5.74) is 2.15. The fraction of sp³-hybridized carbons (Fsp3) is 0.235. The maximum atomic E-state index is 6.09. The van der Waals surface area contributed by atoms with Gasteiger partial charge in [0.2, 0.25) is 0 Å². The van der Waals surface area contributed by atoms with Crippen LogP contribution < -0.4 is 4.74 Å². The molecule has 1 heterocycles. The van der Waals surface area contributed by atoms with Crippen molar-refractivity contribution in [3.8, 4) is 17.1 Å². The molecular weight excluding hydrogens is 276 g/mol. The van der Waals surface area contributed by atoms with E-state index < -0.39 is 0 Å². The summed E-state index contributed by atoms with van der Waals surface area (Å²) in [6.07, 6.45) is 0.974. The first-order valence-electron chi connectivity index (χ1n) is 7.32. The van der Waals surface area contributed by atoms with Gasteiger partial charge in [-0.3, -0.25) is 0 Å². The summed E-state index contributed by atoms with van der Waals surface area (Å²) >= 11 is 0. The van der Waals surface area contributed by atoms with E-state index in [2.05, 4.69) is 34.6 Å². The molecule has 5 nitrogen and oxygen atoms in total. The van der Waals surface area contributed by atoms with E-state index in [1.165, 1.54) is 5.56 Å². The highest BCUT2D eigenvalue weighted by Gasteiger charge is 2.11. The standard InChI is InChI=1S/C17H18N4O/c1-3-16(13-7-5-4-6-8-13)22-15-11-9-14(10-12-15)17-18-19-20-21(17)2/h4-12,16H,3H2,1-2H3. The SMILES string of the molecule is CCC(Oc1ccc(-c2nnnn2C)cc1)c1ccccc1. The quantitative estimate of drug-likeness (QED) is 0.723. The van der Waals surface area contributed by atoms with Gasteiger partial charge in [-0.25, -0.2) is 4.68 Å². The Kier molecular flexibility index (Phi) is 4.14. The summed E-state index contributed by atoms with van der Waals surface area (Å²) in [7, 11) is 1.82. The zero-order chi connectivity index (χ0) is 15.4. The minimum absolute atomic E-state index is 0.0588. The number of hydrogen-bond acceptors (Lipinski definition) is 4. The Balaban J connectivity index is 1.77. The van der Waals surface area contributed by atoms with Gasteiger partial charge in [-0.05, 0) is 46.7 Å². The topological polar surface area (TPSA) is 52.8 Å². The molecule has 22 heavy (non-hydrogen) atoms. The van der Waals surface area contributed by atoms with E-state index in [9.17, 15) is 0 Å². The Labute approximate surface area is 129 Å². The lowest BCUT2D eigenvalue weighted by atomic mass is 10.1. The Bertz CT molecular complexity index is 722. The number of hydrogen-bond donors (Lipinski definition) is 0. The predicted octanol–water partition coefficient (Wildman–Crippen LogP) is 3.41. The predicted molar refractivity (Wildman–Crippen MR) is 84.3 cm³/mol. The van der Waals surface area contributed by atoms with E-state index in [-0.39, 0.29) is 6.10 Å². The van der Waals surface area contributed by atoms with E-state index >= 15 is 0 Å². The van der Waals surface area contributed by atoms with Crippen LogP contribution in [0, 0.1) is 0 Å². The smallest absolute Gasteiger partial charge is 0.181 e. The van der Waals surface area contributed by atoms with Crippen LogP contribution in [-0.4, -0.2) is 20.2 Å². The molecule has 3 aromatic rings. The van der Waals surface area contributed by atoms with Gasteiger partial charge in [0.15, 0.2) is 5.82 Å². The molecule has 0 N–H and O–H groups in total. The monoisotopic (exact) mass is 294 g/mol. The average Bonchev–Trinajstić information content (AvgIpc) is 3.00. The summed E-state index contributed by atoms with van der Waals surface area (Å²) in [5.74, 6) is 1.58. The third-order valence-electron chi connectivity index (χ3n) is 3.55. The van der Waals surface area contributed by atoms with Gasteiger partial charge in [-0.15, -0.1) is 5.10 Å². The number of aromatic nitrogens is 4. The number of nitrogens with zero attached hydrogens (tertiary/aromatic N) is 4. The van der Waals surface area contributed by atoms with E-state index in [1.54, 1.807) is 4.68 Å². The van der Waals surface area contributed by atoms with Gasteiger partial charge in [0, 0.05) is 12.6 Å². The molecule has 0 amide bonds. The van der Waals surface area contributed by atoms with Crippen molar-refractivity contribution in [2.45, 2.75) is 19.4 Å². The molecular formula is C17H18N4O. The Morgan fingerprint density at radius 2 is 1.77 bits per heavy atom. The maximum absolute atomic E-state index is 6.09.